The van der Waals surface area contributed by atoms with Gasteiger partial charge in [-0.25, -0.2) is 0 Å². The maximum Gasteiger partial charge on any atom is 0.238 e. The molecule has 0 radical (unpaired) electrons. The van der Waals surface area contributed by atoms with E-state index in [0.29, 0.717) is 31.1 Å². The summed E-state index contributed by atoms with van der Waals surface area (Å²) < 4.78 is 5.72. The van der Waals surface area contributed by atoms with Crippen LogP contribution < -0.4 is 11.1 Å². The van der Waals surface area contributed by atoms with Crippen molar-refractivity contribution in [1.82, 2.24) is 4.90 Å². The van der Waals surface area contributed by atoms with Gasteiger partial charge in [0, 0.05) is 23.8 Å². The molecule has 1 amide bonds. The fourth-order valence-electron chi connectivity index (χ4n) is 1.39. The van der Waals surface area contributed by atoms with Gasteiger partial charge in [-0.15, -0.1) is 0 Å². The Balaban J connectivity index is 2.49. The lowest BCUT2D eigenvalue weighted by Crippen LogP contribution is -2.32. The van der Waals surface area contributed by atoms with Crippen LogP contribution in [0.2, 0.25) is 0 Å². The average Bonchev–Trinajstić information content (AvgIpc) is 2.30. The second-order valence-corrected chi connectivity index (χ2v) is 4.87. The number of carbonyl (C=O) groups excluding carboxylic acids is 1. The molecule has 1 aromatic carbocycles. The third-order valence-corrected chi connectivity index (χ3v) is 3.01. The van der Waals surface area contributed by atoms with E-state index >= 15 is 0 Å². The van der Waals surface area contributed by atoms with Crippen molar-refractivity contribution < 1.29 is 9.53 Å². The molecule has 1 rings (SSSR count). The summed E-state index contributed by atoms with van der Waals surface area (Å²) in [6, 6.07) is 5.27. The summed E-state index contributed by atoms with van der Waals surface area (Å²) in [6.07, 6.45) is 0. The van der Waals surface area contributed by atoms with Crippen LogP contribution in [-0.4, -0.2) is 44.7 Å². The van der Waals surface area contributed by atoms with Gasteiger partial charge in [0.1, 0.15) is 0 Å². The number of nitrogen functional groups attached to an aromatic ring is 1. The molecule has 0 spiro atoms. The van der Waals surface area contributed by atoms with Gasteiger partial charge in [0.15, 0.2) is 0 Å². The van der Waals surface area contributed by atoms with Gasteiger partial charge in [-0.2, -0.15) is 0 Å². The molecule has 5 nitrogen and oxygen atoms in total. The van der Waals surface area contributed by atoms with Crippen LogP contribution in [0.5, 0.6) is 0 Å². The van der Waals surface area contributed by atoms with E-state index in [0.717, 1.165) is 4.47 Å². The van der Waals surface area contributed by atoms with Gasteiger partial charge in [0.2, 0.25) is 5.91 Å². The molecule has 0 saturated carbocycles. The fourth-order valence-corrected chi connectivity index (χ4v) is 1.89. The molecule has 18 heavy (non-hydrogen) atoms. The van der Waals surface area contributed by atoms with Crippen LogP contribution in [0.15, 0.2) is 22.7 Å². The summed E-state index contributed by atoms with van der Waals surface area (Å²) >= 11 is 3.36. The zero-order valence-electron chi connectivity index (χ0n) is 10.6. The zero-order valence-corrected chi connectivity index (χ0v) is 12.2. The van der Waals surface area contributed by atoms with Crippen molar-refractivity contribution >= 4 is 33.2 Å². The minimum absolute atomic E-state index is 0.0703. The maximum absolute atomic E-state index is 11.8. The van der Waals surface area contributed by atoms with E-state index in [1.165, 1.54) is 0 Å². The van der Waals surface area contributed by atoms with Crippen LogP contribution in [0, 0.1) is 0 Å². The molecule has 1 aromatic rings. The van der Waals surface area contributed by atoms with Crippen molar-refractivity contribution in [3.8, 4) is 0 Å². The van der Waals surface area contributed by atoms with E-state index in [4.69, 9.17) is 10.5 Å². The van der Waals surface area contributed by atoms with Gasteiger partial charge in [0.05, 0.1) is 18.8 Å². The SMILES string of the molecule is COCCN(C)CC(=O)Nc1ccc(N)cc1Br. The first-order valence-electron chi connectivity index (χ1n) is 5.55. The summed E-state index contributed by atoms with van der Waals surface area (Å²) in [5.41, 5.74) is 7.00. The number of benzene rings is 1. The van der Waals surface area contributed by atoms with Crippen molar-refractivity contribution in [1.29, 1.82) is 0 Å². The molecule has 0 atom stereocenters. The van der Waals surface area contributed by atoms with Crippen LogP contribution in [-0.2, 0) is 9.53 Å². The van der Waals surface area contributed by atoms with Crippen LogP contribution in [0.4, 0.5) is 11.4 Å². The van der Waals surface area contributed by atoms with E-state index < -0.39 is 0 Å². The van der Waals surface area contributed by atoms with Gasteiger partial charge < -0.3 is 15.8 Å². The van der Waals surface area contributed by atoms with Crippen LogP contribution >= 0.6 is 15.9 Å². The number of hydrogen-bond acceptors (Lipinski definition) is 4. The highest BCUT2D eigenvalue weighted by molar-refractivity contribution is 9.10. The molecule has 6 heteroatoms. The van der Waals surface area contributed by atoms with Crippen molar-refractivity contribution in [3.63, 3.8) is 0 Å². The highest BCUT2D eigenvalue weighted by Crippen LogP contribution is 2.24. The number of carbonyl (C=O) groups is 1. The van der Waals surface area contributed by atoms with Gasteiger partial charge in [-0.3, -0.25) is 9.69 Å². The summed E-state index contributed by atoms with van der Waals surface area (Å²) in [6.45, 7) is 1.64. The number of rotatable bonds is 6. The molecule has 0 unspecified atom stereocenters. The number of halogens is 1. The zero-order chi connectivity index (χ0) is 13.5. The second-order valence-electron chi connectivity index (χ2n) is 4.02. The normalized spacial score (nSPS) is 10.7. The summed E-state index contributed by atoms with van der Waals surface area (Å²) in [5, 5.41) is 2.82. The molecule has 0 fully saturated rings. The molecule has 0 aromatic heterocycles. The number of anilines is 2. The molecule has 0 aliphatic heterocycles. The van der Waals surface area contributed by atoms with Crippen molar-refractivity contribution in [3.05, 3.63) is 22.7 Å². The minimum Gasteiger partial charge on any atom is -0.399 e. The number of hydrogen-bond donors (Lipinski definition) is 2. The molecule has 0 saturated heterocycles. The molecular weight excluding hydrogens is 298 g/mol. The van der Waals surface area contributed by atoms with Gasteiger partial charge in [-0.1, -0.05) is 0 Å². The van der Waals surface area contributed by atoms with Gasteiger partial charge in [-0.05, 0) is 41.2 Å². The highest BCUT2D eigenvalue weighted by atomic mass is 79.9. The Bertz CT molecular complexity index is 412. The van der Waals surface area contributed by atoms with E-state index in [2.05, 4.69) is 21.2 Å². The molecule has 0 bridgehead atoms. The predicted molar refractivity (Wildman–Crippen MR) is 76.6 cm³/mol. The third-order valence-electron chi connectivity index (χ3n) is 2.36. The Morgan fingerprint density at radius 1 is 1.56 bits per heavy atom. The molecule has 0 aliphatic carbocycles. The lowest BCUT2D eigenvalue weighted by Gasteiger charge is -2.16. The van der Waals surface area contributed by atoms with Gasteiger partial charge >= 0.3 is 0 Å². The monoisotopic (exact) mass is 315 g/mol. The van der Waals surface area contributed by atoms with E-state index in [-0.39, 0.29) is 5.91 Å². The Labute approximate surface area is 115 Å². The Kier molecular flexibility index (Phi) is 6.11. The maximum atomic E-state index is 11.8. The van der Waals surface area contributed by atoms with Crippen molar-refractivity contribution in [2.24, 2.45) is 0 Å². The van der Waals surface area contributed by atoms with Gasteiger partial charge in [0.25, 0.3) is 0 Å². The second kappa shape index (κ2) is 7.35. The summed E-state index contributed by atoms with van der Waals surface area (Å²) in [5.74, 6) is -0.0703. The number of amides is 1. The van der Waals surface area contributed by atoms with E-state index in [1.807, 2.05) is 11.9 Å². The first kappa shape index (κ1) is 14.9. The molecule has 3 N–H and O–H groups in total. The largest absolute Gasteiger partial charge is 0.399 e. The number of nitrogens with two attached hydrogens (primary N) is 1. The first-order valence-corrected chi connectivity index (χ1v) is 6.34. The van der Waals surface area contributed by atoms with Crippen LogP contribution in [0.1, 0.15) is 0 Å². The topological polar surface area (TPSA) is 67.6 Å². The smallest absolute Gasteiger partial charge is 0.238 e. The number of nitrogens with one attached hydrogen (secondary N) is 1. The number of ether oxygens (including phenoxy) is 1. The molecular formula is C12H18BrN3O2. The summed E-state index contributed by atoms with van der Waals surface area (Å²) in [4.78, 5) is 13.7. The first-order chi connectivity index (χ1) is 8.52. The summed E-state index contributed by atoms with van der Waals surface area (Å²) in [7, 11) is 3.51. The lowest BCUT2D eigenvalue weighted by atomic mass is 10.3. The van der Waals surface area contributed by atoms with E-state index in [9.17, 15) is 4.79 Å². The Morgan fingerprint density at radius 2 is 2.28 bits per heavy atom. The number of nitrogens with zero attached hydrogens (tertiary/aromatic N) is 1. The molecule has 100 valence electrons. The minimum atomic E-state index is -0.0703. The third kappa shape index (κ3) is 5.03. The van der Waals surface area contributed by atoms with Crippen molar-refractivity contribution in [2.45, 2.75) is 0 Å². The molecule has 0 aliphatic rings. The Hall–Kier alpha value is -1.11. The Morgan fingerprint density at radius 3 is 2.89 bits per heavy atom. The quantitative estimate of drug-likeness (QED) is 0.782. The van der Waals surface area contributed by atoms with Crippen LogP contribution in [0.25, 0.3) is 0 Å². The standard InChI is InChI=1S/C12H18BrN3O2/c1-16(5-6-18-2)8-12(17)15-11-4-3-9(14)7-10(11)13/h3-4,7H,5-6,8,14H2,1-2H3,(H,15,17). The van der Waals surface area contributed by atoms with E-state index in [1.54, 1.807) is 25.3 Å². The number of methoxy groups -OCH3 is 1. The average molecular weight is 316 g/mol. The highest BCUT2D eigenvalue weighted by Gasteiger charge is 2.08. The van der Waals surface area contributed by atoms with Crippen LogP contribution in [0.3, 0.4) is 0 Å². The predicted octanol–water partition coefficient (Wildman–Crippen LogP) is 1.55. The van der Waals surface area contributed by atoms with Crippen molar-refractivity contribution in [2.75, 3.05) is 44.9 Å². The molecule has 0 heterocycles. The fraction of sp³-hybridized carbons (Fsp3) is 0.417. The lowest BCUT2D eigenvalue weighted by molar-refractivity contribution is -0.117. The number of likely N-dealkylation sites (N-methyl/N-ethyl adjacent to an activating group) is 1.